The monoisotopic (exact) mass is 507 g/mol. The lowest BCUT2D eigenvalue weighted by Crippen LogP contribution is -2.52. The first kappa shape index (κ1) is 24.9. The van der Waals surface area contributed by atoms with Crippen LogP contribution in [-0.2, 0) is 11.0 Å². The van der Waals surface area contributed by atoms with E-state index in [4.69, 9.17) is 0 Å². The normalized spacial score (nSPS) is 25.2. The average Bonchev–Trinajstić information content (AvgIpc) is 3.47. The fraction of sp³-hybridized carbons (Fsp3) is 0.560. The number of aliphatic hydroxyl groups is 1. The Bertz CT molecular complexity index is 1130. The van der Waals surface area contributed by atoms with Crippen molar-refractivity contribution in [2.45, 2.75) is 56.3 Å². The highest BCUT2D eigenvalue weighted by Crippen LogP contribution is 2.43. The maximum absolute atomic E-state index is 14.4. The zero-order valence-electron chi connectivity index (χ0n) is 19.9. The van der Waals surface area contributed by atoms with Crippen molar-refractivity contribution < 1.29 is 27.5 Å². The summed E-state index contributed by atoms with van der Waals surface area (Å²) in [5, 5.41) is 13.6. The Hall–Kier alpha value is -2.79. The molecule has 7 nitrogen and oxygen atoms in total. The molecule has 194 valence electrons. The van der Waals surface area contributed by atoms with Crippen LogP contribution in [0.4, 0.5) is 23.4 Å². The second kappa shape index (κ2) is 9.59. The van der Waals surface area contributed by atoms with Crippen molar-refractivity contribution >= 4 is 11.7 Å². The molecule has 4 atom stereocenters. The number of aliphatic hydroxyl groups excluding tert-OH is 1. The fourth-order valence-electron chi connectivity index (χ4n) is 5.79. The number of hydrogen-bond donors (Lipinski definition) is 2. The lowest BCUT2D eigenvalue weighted by atomic mass is 9.88. The summed E-state index contributed by atoms with van der Waals surface area (Å²) < 4.78 is 53.6. The van der Waals surface area contributed by atoms with Crippen LogP contribution >= 0.6 is 0 Å². The van der Waals surface area contributed by atoms with Crippen LogP contribution in [0.1, 0.15) is 66.5 Å². The molecule has 1 amide bonds. The molecule has 2 N–H and O–H groups in total. The third-order valence-electron chi connectivity index (χ3n) is 7.59. The van der Waals surface area contributed by atoms with E-state index in [2.05, 4.69) is 20.2 Å². The average molecular weight is 508 g/mol. The van der Waals surface area contributed by atoms with Crippen molar-refractivity contribution in [2.24, 2.45) is 0 Å². The zero-order valence-corrected chi connectivity index (χ0v) is 19.9. The summed E-state index contributed by atoms with van der Waals surface area (Å²) in [5.74, 6) is -1.46. The number of nitrogens with one attached hydrogen (secondary N) is 1. The lowest BCUT2D eigenvalue weighted by Gasteiger charge is -2.39. The van der Waals surface area contributed by atoms with Crippen LogP contribution in [0, 0.1) is 5.82 Å². The Labute approximate surface area is 206 Å². The van der Waals surface area contributed by atoms with Gasteiger partial charge < -0.3 is 20.2 Å². The van der Waals surface area contributed by atoms with Crippen LogP contribution < -0.4 is 10.2 Å². The van der Waals surface area contributed by atoms with Crippen LogP contribution in [0.25, 0.3) is 0 Å². The quantitative estimate of drug-likeness (QED) is 0.618. The van der Waals surface area contributed by atoms with Crippen LogP contribution in [-0.4, -0.2) is 64.6 Å². The van der Waals surface area contributed by atoms with Gasteiger partial charge in [0.1, 0.15) is 18.0 Å². The van der Waals surface area contributed by atoms with Crippen molar-refractivity contribution in [3.05, 3.63) is 52.7 Å². The van der Waals surface area contributed by atoms with Crippen molar-refractivity contribution in [2.75, 3.05) is 37.6 Å². The highest BCUT2D eigenvalue weighted by atomic mass is 19.4. The molecule has 2 fully saturated rings. The summed E-state index contributed by atoms with van der Waals surface area (Å²) in [4.78, 5) is 26.2. The standard InChI is InChI=1S/C25H29F4N5O2/c1-14-11-19(35)22-20(14)23(32-13-31-22)33-7-9-34(10-8-33)24(36)21(18-3-2-6-30-18)15-4-5-16(17(26)12-15)25(27,28)29/h4-5,12-14,18-19,21,30,35H,2-3,6-11H2,1H3/t14-,18+,19-,21+/m1/s1. The molecule has 36 heavy (non-hydrogen) atoms. The summed E-state index contributed by atoms with van der Waals surface area (Å²) in [6.45, 7) is 4.58. The van der Waals surface area contributed by atoms with Crippen molar-refractivity contribution in [3.8, 4) is 0 Å². The third kappa shape index (κ3) is 4.54. The lowest BCUT2D eigenvalue weighted by molar-refractivity contribution is -0.140. The maximum Gasteiger partial charge on any atom is 0.419 e. The van der Waals surface area contributed by atoms with Crippen LogP contribution in [0.5, 0.6) is 0 Å². The molecule has 3 heterocycles. The number of piperazine rings is 1. The molecule has 0 bridgehead atoms. The van der Waals surface area contributed by atoms with E-state index in [1.165, 1.54) is 12.4 Å². The summed E-state index contributed by atoms with van der Waals surface area (Å²) in [5.41, 5.74) is 0.520. The number of anilines is 1. The Morgan fingerprint density at radius 2 is 1.94 bits per heavy atom. The molecule has 1 aromatic carbocycles. The molecule has 0 unspecified atom stereocenters. The second-order valence-electron chi connectivity index (χ2n) is 9.88. The van der Waals surface area contributed by atoms with Gasteiger partial charge in [0.15, 0.2) is 0 Å². The van der Waals surface area contributed by atoms with E-state index in [9.17, 15) is 27.5 Å². The minimum atomic E-state index is -4.79. The van der Waals surface area contributed by atoms with E-state index in [1.54, 1.807) is 4.90 Å². The van der Waals surface area contributed by atoms with Gasteiger partial charge in [-0.3, -0.25) is 4.79 Å². The minimum Gasteiger partial charge on any atom is -0.387 e. The first-order valence-electron chi connectivity index (χ1n) is 12.3. The molecule has 2 aromatic rings. The van der Waals surface area contributed by atoms with E-state index in [-0.39, 0.29) is 23.4 Å². The van der Waals surface area contributed by atoms with E-state index in [0.29, 0.717) is 51.3 Å². The number of nitrogens with zero attached hydrogens (tertiary/aromatic N) is 4. The maximum atomic E-state index is 14.4. The fourth-order valence-corrected chi connectivity index (χ4v) is 5.79. The number of hydrogen-bond acceptors (Lipinski definition) is 6. The molecule has 1 aliphatic carbocycles. The van der Waals surface area contributed by atoms with Gasteiger partial charge in [0, 0.05) is 37.8 Å². The van der Waals surface area contributed by atoms with Gasteiger partial charge in [0.05, 0.1) is 23.3 Å². The molecule has 3 aliphatic rings. The zero-order chi connectivity index (χ0) is 25.6. The van der Waals surface area contributed by atoms with Gasteiger partial charge in [-0.05, 0) is 49.4 Å². The van der Waals surface area contributed by atoms with Crippen molar-refractivity contribution in [3.63, 3.8) is 0 Å². The van der Waals surface area contributed by atoms with Crippen LogP contribution in [0.15, 0.2) is 24.5 Å². The Kier molecular flexibility index (Phi) is 6.63. The molecule has 5 rings (SSSR count). The smallest absolute Gasteiger partial charge is 0.387 e. The highest BCUT2D eigenvalue weighted by Gasteiger charge is 2.39. The molecule has 0 saturated carbocycles. The number of carbonyl (C=O) groups excluding carboxylic acids is 1. The Balaban J connectivity index is 1.35. The molecule has 11 heteroatoms. The number of alkyl halides is 3. The van der Waals surface area contributed by atoms with Gasteiger partial charge in [-0.1, -0.05) is 13.0 Å². The highest BCUT2D eigenvalue weighted by molar-refractivity contribution is 5.85. The predicted molar refractivity (Wildman–Crippen MR) is 124 cm³/mol. The molecule has 0 spiro atoms. The third-order valence-corrected chi connectivity index (χ3v) is 7.59. The van der Waals surface area contributed by atoms with E-state index in [1.807, 2.05) is 6.92 Å². The predicted octanol–water partition coefficient (Wildman–Crippen LogP) is 3.36. The van der Waals surface area contributed by atoms with E-state index >= 15 is 0 Å². The molecule has 1 aromatic heterocycles. The number of carbonyl (C=O) groups is 1. The van der Waals surface area contributed by atoms with Crippen LogP contribution in [0.3, 0.4) is 0 Å². The number of fused-ring (bicyclic) bond motifs is 1. The number of aromatic nitrogens is 2. The molecule has 2 saturated heterocycles. The topological polar surface area (TPSA) is 81.6 Å². The Morgan fingerprint density at radius 1 is 1.19 bits per heavy atom. The molecular formula is C25H29F4N5O2. The SMILES string of the molecule is C[C@@H]1C[C@@H](O)c2ncnc(N3CCN(C(=O)[C@@H](c4ccc(C(F)(F)F)c(F)c4)[C@@H]4CCCN4)CC3)c21. The van der Waals surface area contributed by atoms with Crippen molar-refractivity contribution in [1.82, 2.24) is 20.2 Å². The summed E-state index contributed by atoms with van der Waals surface area (Å²) in [6, 6.07) is 2.54. The molecular weight excluding hydrogens is 478 g/mol. The first-order valence-corrected chi connectivity index (χ1v) is 12.3. The Morgan fingerprint density at radius 3 is 2.58 bits per heavy atom. The second-order valence-corrected chi connectivity index (χ2v) is 9.88. The van der Waals surface area contributed by atoms with Crippen LogP contribution in [0.2, 0.25) is 0 Å². The minimum absolute atomic E-state index is 0.123. The van der Waals surface area contributed by atoms with E-state index < -0.39 is 29.6 Å². The number of halogens is 4. The number of rotatable bonds is 4. The van der Waals surface area contributed by atoms with Gasteiger partial charge in [0.2, 0.25) is 5.91 Å². The summed E-state index contributed by atoms with van der Waals surface area (Å²) >= 11 is 0. The van der Waals surface area contributed by atoms with E-state index in [0.717, 1.165) is 29.9 Å². The van der Waals surface area contributed by atoms with Gasteiger partial charge in [-0.25, -0.2) is 14.4 Å². The van der Waals surface area contributed by atoms with Gasteiger partial charge in [0.25, 0.3) is 0 Å². The summed E-state index contributed by atoms with van der Waals surface area (Å²) in [6.07, 6.45) is -1.82. The van der Waals surface area contributed by atoms with Crippen molar-refractivity contribution in [1.29, 1.82) is 0 Å². The number of amides is 1. The van der Waals surface area contributed by atoms with Gasteiger partial charge in [-0.2, -0.15) is 13.2 Å². The molecule has 2 aliphatic heterocycles. The van der Waals surface area contributed by atoms with Gasteiger partial charge in [-0.15, -0.1) is 0 Å². The van der Waals surface area contributed by atoms with Gasteiger partial charge >= 0.3 is 6.18 Å². The molecule has 0 radical (unpaired) electrons. The number of benzene rings is 1. The largest absolute Gasteiger partial charge is 0.419 e. The first-order chi connectivity index (χ1) is 17.1. The summed E-state index contributed by atoms with van der Waals surface area (Å²) in [7, 11) is 0.